The van der Waals surface area contributed by atoms with Crippen LogP contribution in [0.4, 0.5) is 28.9 Å². The molecule has 4 aromatic rings. The molecule has 0 saturated carbocycles. The normalized spacial score (nSPS) is 11.4. The van der Waals surface area contributed by atoms with Crippen LogP contribution in [-0.2, 0) is 12.7 Å². The molecule has 4 rings (SSSR count). The molecule has 0 saturated heterocycles. The molecule has 3 aromatic carbocycles. The average molecular weight is 439 g/mol. The third kappa shape index (κ3) is 4.69. The van der Waals surface area contributed by atoms with Gasteiger partial charge in [-0.1, -0.05) is 30.3 Å². The molecule has 0 fully saturated rings. The second-order valence-electron chi connectivity index (χ2n) is 7.07. The van der Waals surface area contributed by atoms with Gasteiger partial charge in [0.25, 0.3) is 5.91 Å². The largest absolute Gasteiger partial charge is 0.416 e. The molecule has 0 aliphatic carbocycles. The molecular weight excluding hydrogens is 422 g/mol. The van der Waals surface area contributed by atoms with E-state index >= 15 is 0 Å². The lowest BCUT2D eigenvalue weighted by atomic mass is 10.1. The number of fused-ring (bicyclic) bond motifs is 1. The van der Waals surface area contributed by atoms with Crippen LogP contribution in [0.15, 0.2) is 79.0 Å². The number of benzene rings is 3. The molecule has 0 radical (unpaired) electrons. The molecule has 0 spiro atoms. The first kappa shape index (κ1) is 21.3. The summed E-state index contributed by atoms with van der Waals surface area (Å²) in [5.74, 6) is -0.711. The molecule has 0 atom stereocenters. The first-order valence-electron chi connectivity index (χ1n) is 9.66. The Balaban J connectivity index is 1.58. The number of pyridine rings is 1. The number of hydrogen-bond acceptors (Lipinski definition) is 3. The smallest absolute Gasteiger partial charge is 0.354 e. The van der Waals surface area contributed by atoms with E-state index in [2.05, 4.69) is 15.6 Å². The van der Waals surface area contributed by atoms with Crippen LogP contribution < -0.4 is 10.6 Å². The SMILES string of the molecule is O=C(NCc1ccc(F)cc1)c1ccccc1Nc1ccnc2cc(C(F)(F)F)ccc12. The van der Waals surface area contributed by atoms with Crippen molar-refractivity contribution in [3.05, 3.63) is 102 Å². The Labute approximate surface area is 180 Å². The molecule has 32 heavy (non-hydrogen) atoms. The molecule has 0 aliphatic rings. The van der Waals surface area contributed by atoms with Crippen LogP contribution in [0.2, 0.25) is 0 Å². The van der Waals surface area contributed by atoms with Gasteiger partial charge in [-0.25, -0.2) is 4.39 Å². The highest BCUT2D eigenvalue weighted by Crippen LogP contribution is 2.33. The molecule has 8 heteroatoms. The second kappa shape index (κ2) is 8.66. The quantitative estimate of drug-likeness (QED) is 0.371. The summed E-state index contributed by atoms with van der Waals surface area (Å²) in [6, 6.07) is 17.5. The lowest BCUT2D eigenvalue weighted by molar-refractivity contribution is -0.137. The number of carbonyl (C=O) groups excluding carboxylic acids is 1. The summed E-state index contributed by atoms with van der Waals surface area (Å²) >= 11 is 0. The van der Waals surface area contributed by atoms with Gasteiger partial charge in [-0.15, -0.1) is 0 Å². The van der Waals surface area contributed by atoms with Crippen molar-refractivity contribution in [3.63, 3.8) is 0 Å². The number of carbonyl (C=O) groups is 1. The van der Waals surface area contributed by atoms with E-state index < -0.39 is 11.7 Å². The highest BCUT2D eigenvalue weighted by molar-refractivity contribution is 6.02. The molecule has 1 amide bonds. The summed E-state index contributed by atoms with van der Waals surface area (Å²) in [6.45, 7) is 0.214. The highest BCUT2D eigenvalue weighted by Gasteiger charge is 2.30. The number of aromatic nitrogens is 1. The lowest BCUT2D eigenvalue weighted by Gasteiger charge is -2.14. The Morgan fingerprint density at radius 2 is 1.66 bits per heavy atom. The van der Waals surface area contributed by atoms with Gasteiger partial charge >= 0.3 is 6.18 Å². The molecular formula is C24H17F4N3O. The summed E-state index contributed by atoms with van der Waals surface area (Å²) in [5, 5.41) is 6.40. The Hall–Kier alpha value is -3.94. The first-order valence-corrected chi connectivity index (χ1v) is 9.66. The van der Waals surface area contributed by atoms with Crippen molar-refractivity contribution >= 4 is 28.2 Å². The maximum atomic E-state index is 13.0. The van der Waals surface area contributed by atoms with Crippen LogP contribution >= 0.6 is 0 Å². The maximum absolute atomic E-state index is 13.0. The number of para-hydroxylation sites is 1. The van der Waals surface area contributed by atoms with Crippen molar-refractivity contribution in [1.82, 2.24) is 10.3 Å². The van der Waals surface area contributed by atoms with Crippen LogP contribution in [-0.4, -0.2) is 10.9 Å². The van der Waals surface area contributed by atoms with Crippen molar-refractivity contribution in [2.45, 2.75) is 12.7 Å². The van der Waals surface area contributed by atoms with E-state index in [1.807, 2.05) is 0 Å². The number of amides is 1. The first-order chi connectivity index (χ1) is 15.3. The van der Waals surface area contributed by atoms with Gasteiger partial charge in [0.1, 0.15) is 5.82 Å². The summed E-state index contributed by atoms with van der Waals surface area (Å²) < 4.78 is 52.1. The van der Waals surface area contributed by atoms with Crippen LogP contribution in [0.3, 0.4) is 0 Å². The third-order valence-electron chi connectivity index (χ3n) is 4.88. The molecule has 2 N–H and O–H groups in total. The van der Waals surface area contributed by atoms with E-state index in [1.54, 1.807) is 42.5 Å². The number of halogens is 4. The van der Waals surface area contributed by atoms with E-state index in [1.165, 1.54) is 24.4 Å². The second-order valence-corrected chi connectivity index (χ2v) is 7.07. The zero-order valence-electron chi connectivity index (χ0n) is 16.6. The highest BCUT2D eigenvalue weighted by atomic mass is 19.4. The molecule has 0 bridgehead atoms. The van der Waals surface area contributed by atoms with Crippen LogP contribution in [0.5, 0.6) is 0 Å². The fourth-order valence-corrected chi connectivity index (χ4v) is 3.25. The van der Waals surface area contributed by atoms with Crippen LogP contribution in [0.25, 0.3) is 10.9 Å². The van der Waals surface area contributed by atoms with Crippen molar-refractivity contribution in [2.24, 2.45) is 0 Å². The Morgan fingerprint density at radius 3 is 2.41 bits per heavy atom. The third-order valence-corrected chi connectivity index (χ3v) is 4.88. The van der Waals surface area contributed by atoms with Crippen molar-refractivity contribution in [2.75, 3.05) is 5.32 Å². The molecule has 0 aliphatic heterocycles. The minimum atomic E-state index is -4.46. The molecule has 1 aromatic heterocycles. The Bertz CT molecular complexity index is 1270. The van der Waals surface area contributed by atoms with E-state index in [-0.39, 0.29) is 23.8 Å². The summed E-state index contributed by atoms with van der Waals surface area (Å²) in [5.41, 5.74) is 1.49. The minimum Gasteiger partial charge on any atom is -0.354 e. The van der Waals surface area contributed by atoms with E-state index in [0.717, 1.165) is 17.7 Å². The van der Waals surface area contributed by atoms with Crippen molar-refractivity contribution < 1.29 is 22.4 Å². The molecule has 4 nitrogen and oxygen atoms in total. The van der Waals surface area contributed by atoms with Gasteiger partial charge in [0.2, 0.25) is 0 Å². The van der Waals surface area contributed by atoms with E-state index in [9.17, 15) is 22.4 Å². The van der Waals surface area contributed by atoms with Crippen molar-refractivity contribution in [1.29, 1.82) is 0 Å². The van der Waals surface area contributed by atoms with Gasteiger partial charge in [0.15, 0.2) is 0 Å². The van der Waals surface area contributed by atoms with Crippen LogP contribution in [0, 0.1) is 5.82 Å². The monoisotopic (exact) mass is 439 g/mol. The maximum Gasteiger partial charge on any atom is 0.416 e. The minimum absolute atomic E-state index is 0.183. The number of anilines is 2. The topological polar surface area (TPSA) is 54.0 Å². The number of nitrogens with zero attached hydrogens (tertiary/aromatic N) is 1. The van der Waals surface area contributed by atoms with Gasteiger partial charge in [-0.3, -0.25) is 9.78 Å². The summed E-state index contributed by atoms with van der Waals surface area (Å²) in [6.07, 6.45) is -3.06. The van der Waals surface area contributed by atoms with Gasteiger partial charge in [-0.05, 0) is 48.0 Å². The standard InChI is InChI=1S/C24H17F4N3O/c25-17-8-5-15(6-9-17)14-30-23(32)19-3-1-2-4-20(19)31-21-11-12-29-22-13-16(24(26,27)28)7-10-18(21)22/h1-13H,14H2,(H,29,31)(H,30,32). The molecule has 0 unspecified atom stereocenters. The van der Waals surface area contributed by atoms with Gasteiger partial charge in [-0.2, -0.15) is 13.2 Å². The zero-order valence-corrected chi connectivity index (χ0v) is 16.6. The molecule has 162 valence electrons. The average Bonchev–Trinajstić information content (AvgIpc) is 2.78. The van der Waals surface area contributed by atoms with Crippen molar-refractivity contribution in [3.8, 4) is 0 Å². The predicted octanol–water partition coefficient (Wildman–Crippen LogP) is 6.07. The Morgan fingerprint density at radius 1 is 0.906 bits per heavy atom. The Kier molecular flexibility index (Phi) is 5.77. The number of hydrogen-bond donors (Lipinski definition) is 2. The van der Waals surface area contributed by atoms with Gasteiger partial charge in [0.05, 0.1) is 22.3 Å². The summed E-state index contributed by atoms with van der Waals surface area (Å²) in [4.78, 5) is 16.8. The molecule has 1 heterocycles. The number of rotatable bonds is 5. The van der Waals surface area contributed by atoms with E-state index in [4.69, 9.17) is 0 Å². The summed E-state index contributed by atoms with van der Waals surface area (Å²) in [7, 11) is 0. The van der Waals surface area contributed by atoms with Gasteiger partial charge in [0, 0.05) is 23.8 Å². The number of nitrogens with one attached hydrogen (secondary N) is 2. The fraction of sp³-hybridized carbons (Fsp3) is 0.0833. The zero-order chi connectivity index (χ0) is 22.7. The number of alkyl halides is 3. The fourth-order valence-electron chi connectivity index (χ4n) is 3.25. The van der Waals surface area contributed by atoms with E-state index in [0.29, 0.717) is 22.3 Å². The predicted molar refractivity (Wildman–Crippen MR) is 114 cm³/mol. The lowest BCUT2D eigenvalue weighted by Crippen LogP contribution is -2.23. The van der Waals surface area contributed by atoms with Gasteiger partial charge < -0.3 is 10.6 Å². The van der Waals surface area contributed by atoms with Crippen LogP contribution in [0.1, 0.15) is 21.5 Å².